The number of halogens is 1. The third-order valence-electron chi connectivity index (χ3n) is 2.51. The predicted octanol–water partition coefficient (Wildman–Crippen LogP) is 1.95. The second-order valence-corrected chi connectivity index (χ2v) is 3.83. The standard InChI is InChI=1S/C13H12FN3O2/c14-11-6-10(13(18)17-19)8-16-12(11)15-7-9-4-2-1-3-5-9/h1-6,8,19H,7H2,(H,15,16)(H,17,18). The van der Waals surface area contributed by atoms with Crippen LogP contribution < -0.4 is 10.8 Å². The van der Waals surface area contributed by atoms with Crippen molar-refractivity contribution in [1.29, 1.82) is 0 Å². The number of carbonyl (C=O) groups is 1. The number of nitrogens with zero attached hydrogens (tertiary/aromatic N) is 1. The minimum Gasteiger partial charge on any atom is -0.364 e. The first-order valence-electron chi connectivity index (χ1n) is 5.58. The molecule has 1 aromatic heterocycles. The molecule has 1 heterocycles. The van der Waals surface area contributed by atoms with Crippen LogP contribution in [0.3, 0.4) is 0 Å². The molecule has 1 aromatic carbocycles. The lowest BCUT2D eigenvalue weighted by Gasteiger charge is -2.07. The van der Waals surface area contributed by atoms with E-state index in [2.05, 4.69) is 10.3 Å². The fourth-order valence-electron chi connectivity index (χ4n) is 1.54. The van der Waals surface area contributed by atoms with Crippen molar-refractivity contribution in [3.05, 3.63) is 59.5 Å². The third-order valence-corrected chi connectivity index (χ3v) is 2.51. The SMILES string of the molecule is O=C(NO)c1cnc(NCc2ccccc2)c(F)c1. The van der Waals surface area contributed by atoms with E-state index in [1.807, 2.05) is 30.3 Å². The highest BCUT2D eigenvalue weighted by Crippen LogP contribution is 2.13. The molecule has 0 radical (unpaired) electrons. The van der Waals surface area contributed by atoms with Gasteiger partial charge < -0.3 is 5.32 Å². The molecule has 2 aromatic rings. The predicted molar refractivity (Wildman–Crippen MR) is 67.2 cm³/mol. The Morgan fingerprint density at radius 1 is 1.32 bits per heavy atom. The monoisotopic (exact) mass is 261 g/mol. The van der Waals surface area contributed by atoms with E-state index in [0.29, 0.717) is 6.54 Å². The second-order valence-electron chi connectivity index (χ2n) is 3.83. The summed E-state index contributed by atoms with van der Waals surface area (Å²) in [5, 5.41) is 11.3. The lowest BCUT2D eigenvalue weighted by molar-refractivity contribution is 0.0705. The summed E-state index contributed by atoms with van der Waals surface area (Å²) in [7, 11) is 0. The number of hydrogen-bond donors (Lipinski definition) is 3. The first kappa shape index (κ1) is 13.0. The highest BCUT2D eigenvalue weighted by molar-refractivity contribution is 5.93. The van der Waals surface area contributed by atoms with Crippen LogP contribution in [0, 0.1) is 5.82 Å². The number of nitrogens with one attached hydrogen (secondary N) is 2. The first-order valence-corrected chi connectivity index (χ1v) is 5.58. The molecule has 0 saturated carbocycles. The van der Waals surface area contributed by atoms with Gasteiger partial charge >= 0.3 is 0 Å². The van der Waals surface area contributed by atoms with Crippen LogP contribution in [-0.4, -0.2) is 16.1 Å². The van der Waals surface area contributed by atoms with Gasteiger partial charge in [0, 0.05) is 12.7 Å². The molecule has 0 fully saturated rings. The zero-order valence-corrected chi connectivity index (χ0v) is 9.93. The van der Waals surface area contributed by atoms with Crippen LogP contribution in [0.15, 0.2) is 42.6 Å². The van der Waals surface area contributed by atoms with Crippen molar-refractivity contribution in [2.24, 2.45) is 0 Å². The van der Waals surface area contributed by atoms with Crippen molar-refractivity contribution < 1.29 is 14.4 Å². The molecule has 6 heteroatoms. The highest BCUT2D eigenvalue weighted by atomic mass is 19.1. The second kappa shape index (κ2) is 5.92. The van der Waals surface area contributed by atoms with Crippen molar-refractivity contribution >= 4 is 11.7 Å². The van der Waals surface area contributed by atoms with Crippen LogP contribution >= 0.6 is 0 Å². The Labute approximate surface area is 109 Å². The molecule has 0 spiro atoms. The number of amides is 1. The molecule has 0 unspecified atom stereocenters. The molecule has 0 saturated heterocycles. The van der Waals surface area contributed by atoms with E-state index in [4.69, 9.17) is 5.21 Å². The van der Waals surface area contributed by atoms with Gasteiger partial charge in [-0.05, 0) is 11.6 Å². The summed E-state index contributed by atoms with van der Waals surface area (Å²) in [5.41, 5.74) is 2.36. The lowest BCUT2D eigenvalue weighted by Crippen LogP contribution is -2.19. The molecule has 0 aliphatic carbocycles. The maximum absolute atomic E-state index is 13.7. The van der Waals surface area contributed by atoms with Gasteiger partial charge in [0.2, 0.25) is 0 Å². The zero-order valence-electron chi connectivity index (χ0n) is 9.93. The summed E-state index contributed by atoms with van der Waals surface area (Å²) in [6.45, 7) is 0.427. The summed E-state index contributed by atoms with van der Waals surface area (Å²) in [4.78, 5) is 14.9. The maximum atomic E-state index is 13.7. The van der Waals surface area contributed by atoms with E-state index in [0.717, 1.165) is 11.6 Å². The van der Waals surface area contributed by atoms with Crippen LogP contribution in [0.5, 0.6) is 0 Å². The van der Waals surface area contributed by atoms with E-state index in [1.165, 1.54) is 11.7 Å². The number of benzene rings is 1. The molecule has 0 atom stereocenters. The highest BCUT2D eigenvalue weighted by Gasteiger charge is 2.10. The van der Waals surface area contributed by atoms with E-state index < -0.39 is 11.7 Å². The van der Waals surface area contributed by atoms with Crippen molar-refractivity contribution in [3.8, 4) is 0 Å². The van der Waals surface area contributed by atoms with Gasteiger partial charge in [-0.1, -0.05) is 30.3 Å². The van der Waals surface area contributed by atoms with Gasteiger partial charge in [-0.25, -0.2) is 14.9 Å². The summed E-state index contributed by atoms with van der Waals surface area (Å²) in [6, 6.07) is 10.5. The Morgan fingerprint density at radius 3 is 2.68 bits per heavy atom. The molecule has 0 aliphatic heterocycles. The number of pyridine rings is 1. The van der Waals surface area contributed by atoms with Crippen LogP contribution in [-0.2, 0) is 6.54 Å². The van der Waals surface area contributed by atoms with Crippen molar-refractivity contribution in [1.82, 2.24) is 10.5 Å². The lowest BCUT2D eigenvalue weighted by atomic mass is 10.2. The smallest absolute Gasteiger partial charge is 0.276 e. The largest absolute Gasteiger partial charge is 0.364 e. The Morgan fingerprint density at radius 2 is 2.05 bits per heavy atom. The van der Waals surface area contributed by atoms with Gasteiger partial charge in [-0.15, -0.1) is 0 Å². The van der Waals surface area contributed by atoms with E-state index >= 15 is 0 Å². The summed E-state index contributed by atoms with van der Waals surface area (Å²) < 4.78 is 13.7. The minimum atomic E-state index is -0.805. The quantitative estimate of drug-likeness (QED) is 0.581. The summed E-state index contributed by atoms with van der Waals surface area (Å²) in [6.07, 6.45) is 1.18. The number of aromatic nitrogens is 1. The van der Waals surface area contributed by atoms with Crippen molar-refractivity contribution in [2.45, 2.75) is 6.54 Å². The number of carbonyl (C=O) groups excluding carboxylic acids is 1. The zero-order chi connectivity index (χ0) is 13.7. The Hall–Kier alpha value is -2.47. The molecular weight excluding hydrogens is 249 g/mol. The molecule has 5 nitrogen and oxygen atoms in total. The van der Waals surface area contributed by atoms with Gasteiger partial charge in [-0.2, -0.15) is 0 Å². The summed E-state index contributed by atoms with van der Waals surface area (Å²) >= 11 is 0. The molecule has 2 rings (SSSR count). The fourth-order valence-corrected chi connectivity index (χ4v) is 1.54. The molecule has 19 heavy (non-hydrogen) atoms. The number of anilines is 1. The molecule has 98 valence electrons. The van der Waals surface area contributed by atoms with Gasteiger partial charge in [0.1, 0.15) is 0 Å². The van der Waals surface area contributed by atoms with Crippen LogP contribution in [0.4, 0.5) is 10.2 Å². The third kappa shape index (κ3) is 3.26. The van der Waals surface area contributed by atoms with Gasteiger partial charge in [0.15, 0.2) is 11.6 Å². The Kier molecular flexibility index (Phi) is 4.04. The molecule has 3 N–H and O–H groups in total. The van der Waals surface area contributed by atoms with Gasteiger partial charge in [0.05, 0.1) is 5.56 Å². The molecule has 0 bridgehead atoms. The van der Waals surface area contributed by atoms with Crippen molar-refractivity contribution in [2.75, 3.05) is 5.32 Å². The molecule has 0 aliphatic rings. The van der Waals surface area contributed by atoms with E-state index in [-0.39, 0.29) is 11.4 Å². The van der Waals surface area contributed by atoms with Gasteiger partial charge in [-0.3, -0.25) is 10.0 Å². The average molecular weight is 261 g/mol. The summed E-state index contributed by atoms with van der Waals surface area (Å²) in [5.74, 6) is -1.41. The number of hydrogen-bond acceptors (Lipinski definition) is 4. The Balaban J connectivity index is 2.07. The molecule has 1 amide bonds. The minimum absolute atomic E-state index is 0.0507. The molecular formula is C13H12FN3O2. The number of hydroxylamine groups is 1. The fraction of sp³-hybridized carbons (Fsp3) is 0.0769. The Bertz CT molecular complexity index is 575. The van der Waals surface area contributed by atoms with Crippen LogP contribution in [0.1, 0.15) is 15.9 Å². The van der Waals surface area contributed by atoms with Crippen molar-refractivity contribution in [3.63, 3.8) is 0 Å². The van der Waals surface area contributed by atoms with Crippen LogP contribution in [0.25, 0.3) is 0 Å². The first-order chi connectivity index (χ1) is 9.20. The topological polar surface area (TPSA) is 74.2 Å². The van der Waals surface area contributed by atoms with Gasteiger partial charge in [0.25, 0.3) is 5.91 Å². The number of rotatable bonds is 4. The normalized spacial score (nSPS) is 10.0. The van der Waals surface area contributed by atoms with Crippen LogP contribution in [0.2, 0.25) is 0 Å². The van der Waals surface area contributed by atoms with E-state index in [9.17, 15) is 9.18 Å². The maximum Gasteiger partial charge on any atom is 0.276 e. The average Bonchev–Trinajstić information content (AvgIpc) is 2.46. The van der Waals surface area contributed by atoms with E-state index in [1.54, 1.807) is 0 Å².